The lowest BCUT2D eigenvalue weighted by molar-refractivity contribution is -0.137. The first-order valence-electron chi connectivity index (χ1n) is 9.06. The Morgan fingerprint density at radius 1 is 1.11 bits per heavy atom. The second-order valence-electron chi connectivity index (χ2n) is 7.04. The van der Waals surface area contributed by atoms with Gasteiger partial charge in [-0.05, 0) is 49.9 Å². The zero-order valence-corrected chi connectivity index (χ0v) is 16.0. The fourth-order valence-electron chi connectivity index (χ4n) is 3.52. The summed E-state index contributed by atoms with van der Waals surface area (Å²) in [5.74, 6) is 0.308. The zero-order valence-electron chi connectivity index (χ0n) is 15.2. The molecule has 0 amide bonds. The van der Waals surface area contributed by atoms with Gasteiger partial charge in [-0.25, -0.2) is 12.7 Å². The smallest absolute Gasteiger partial charge is 0.416 e. The molecule has 0 radical (unpaired) electrons. The number of halogens is 3. The topological polar surface area (TPSA) is 72.9 Å². The third-order valence-electron chi connectivity index (χ3n) is 5.29. The summed E-state index contributed by atoms with van der Waals surface area (Å²) >= 11 is 0. The summed E-state index contributed by atoms with van der Waals surface area (Å²) in [6.07, 6.45) is -3.11. The van der Waals surface area contributed by atoms with Crippen molar-refractivity contribution in [1.29, 1.82) is 0 Å². The predicted octanol–water partition coefficient (Wildman–Crippen LogP) is 2.63. The maximum absolute atomic E-state index is 13.0. The number of sulfonamides is 1. The van der Waals surface area contributed by atoms with Crippen LogP contribution in [0.5, 0.6) is 5.75 Å². The van der Waals surface area contributed by atoms with Crippen molar-refractivity contribution in [2.45, 2.75) is 42.7 Å². The van der Waals surface area contributed by atoms with Gasteiger partial charge in [0.1, 0.15) is 22.9 Å². The fraction of sp³-hybridized carbons (Fsp3) is 0.611. The van der Waals surface area contributed by atoms with Gasteiger partial charge in [0.2, 0.25) is 10.0 Å². The molecule has 2 fully saturated rings. The van der Waals surface area contributed by atoms with Crippen molar-refractivity contribution in [3.05, 3.63) is 29.8 Å². The summed E-state index contributed by atoms with van der Waals surface area (Å²) in [5.41, 5.74) is -0.753. The number of piperidine rings is 1. The highest BCUT2D eigenvalue weighted by molar-refractivity contribution is 7.91. The second kappa shape index (κ2) is 8.00. The molecule has 2 saturated heterocycles. The summed E-state index contributed by atoms with van der Waals surface area (Å²) < 4.78 is 74.6. The summed E-state index contributed by atoms with van der Waals surface area (Å²) in [4.78, 5) is 11.6. The molecule has 6 nitrogen and oxygen atoms in total. The van der Waals surface area contributed by atoms with E-state index < -0.39 is 26.5 Å². The van der Waals surface area contributed by atoms with Crippen LogP contribution in [0.4, 0.5) is 13.2 Å². The van der Waals surface area contributed by atoms with Crippen LogP contribution in [0.2, 0.25) is 0 Å². The van der Waals surface area contributed by atoms with Crippen molar-refractivity contribution in [2.75, 3.05) is 26.3 Å². The minimum atomic E-state index is -4.41. The maximum Gasteiger partial charge on any atom is 0.416 e. The SMILES string of the molecule is O=CC1(S(=O)(=O)N2CCC(Oc3ccc(C(F)(F)F)cc3)CC2)CCOCC1. The van der Waals surface area contributed by atoms with E-state index >= 15 is 0 Å². The van der Waals surface area contributed by atoms with E-state index in [1.807, 2.05) is 0 Å². The number of ether oxygens (including phenoxy) is 2. The van der Waals surface area contributed by atoms with Crippen molar-refractivity contribution in [2.24, 2.45) is 0 Å². The molecule has 0 spiro atoms. The van der Waals surface area contributed by atoms with Crippen LogP contribution in [-0.2, 0) is 25.7 Å². The summed E-state index contributed by atoms with van der Waals surface area (Å²) in [6, 6.07) is 4.42. The molecular weight excluding hydrogens is 399 g/mol. The van der Waals surface area contributed by atoms with E-state index in [4.69, 9.17) is 9.47 Å². The number of nitrogens with zero attached hydrogens (tertiary/aromatic N) is 1. The molecule has 0 atom stereocenters. The predicted molar refractivity (Wildman–Crippen MR) is 94.4 cm³/mol. The number of carbonyl (C=O) groups excluding carboxylic acids is 1. The molecule has 10 heteroatoms. The molecule has 0 N–H and O–H groups in total. The van der Waals surface area contributed by atoms with Crippen LogP contribution in [0, 0.1) is 0 Å². The highest BCUT2D eigenvalue weighted by Crippen LogP contribution is 2.33. The van der Waals surface area contributed by atoms with Gasteiger partial charge in [-0.1, -0.05) is 0 Å². The Kier molecular flexibility index (Phi) is 6.02. The van der Waals surface area contributed by atoms with Crippen LogP contribution in [0.25, 0.3) is 0 Å². The van der Waals surface area contributed by atoms with E-state index in [0.717, 1.165) is 12.1 Å². The molecule has 0 saturated carbocycles. The fourth-order valence-corrected chi connectivity index (χ4v) is 5.53. The van der Waals surface area contributed by atoms with Crippen molar-refractivity contribution in [1.82, 2.24) is 4.31 Å². The highest BCUT2D eigenvalue weighted by Gasteiger charge is 2.49. The van der Waals surface area contributed by atoms with Crippen molar-refractivity contribution >= 4 is 16.3 Å². The molecule has 3 rings (SSSR count). The van der Waals surface area contributed by atoms with Gasteiger partial charge in [-0.2, -0.15) is 13.2 Å². The van der Waals surface area contributed by atoms with Gasteiger partial charge in [0.05, 0.1) is 5.56 Å². The Labute approximate surface area is 161 Å². The Morgan fingerprint density at radius 2 is 1.68 bits per heavy atom. The van der Waals surface area contributed by atoms with Gasteiger partial charge in [0.25, 0.3) is 0 Å². The molecule has 156 valence electrons. The second-order valence-corrected chi connectivity index (χ2v) is 9.32. The van der Waals surface area contributed by atoms with Crippen LogP contribution in [0.15, 0.2) is 24.3 Å². The number of alkyl halides is 3. The van der Waals surface area contributed by atoms with Gasteiger partial charge in [-0.15, -0.1) is 0 Å². The first kappa shape index (κ1) is 21.1. The summed E-state index contributed by atoms with van der Waals surface area (Å²) in [6.45, 7) is 0.852. The number of carbonyl (C=O) groups is 1. The lowest BCUT2D eigenvalue weighted by Crippen LogP contribution is -2.55. The van der Waals surface area contributed by atoms with Crippen LogP contribution < -0.4 is 4.74 Å². The molecule has 28 heavy (non-hydrogen) atoms. The number of aldehydes is 1. The van der Waals surface area contributed by atoms with Gasteiger partial charge < -0.3 is 14.3 Å². The quantitative estimate of drug-likeness (QED) is 0.684. The maximum atomic E-state index is 13.0. The molecule has 1 aromatic carbocycles. The Morgan fingerprint density at radius 3 is 2.18 bits per heavy atom. The number of hydrogen-bond acceptors (Lipinski definition) is 5. The van der Waals surface area contributed by atoms with E-state index in [1.165, 1.54) is 16.4 Å². The molecular formula is C18H22F3NO5S. The van der Waals surface area contributed by atoms with E-state index in [1.54, 1.807) is 0 Å². The lowest BCUT2D eigenvalue weighted by atomic mass is 10.0. The lowest BCUT2D eigenvalue weighted by Gasteiger charge is -2.39. The monoisotopic (exact) mass is 421 g/mol. The van der Waals surface area contributed by atoms with Gasteiger partial charge >= 0.3 is 6.18 Å². The van der Waals surface area contributed by atoms with Crippen molar-refractivity contribution in [3.63, 3.8) is 0 Å². The normalized spacial score (nSPS) is 22.0. The molecule has 2 aliphatic rings. The number of benzene rings is 1. The standard InChI is InChI=1S/C18H22F3NO5S/c19-18(20,21)14-1-3-15(4-2-14)27-16-5-9-22(10-6-16)28(24,25)17(13-23)7-11-26-12-8-17/h1-4,13,16H,5-12H2. The van der Waals surface area contributed by atoms with E-state index in [-0.39, 0.29) is 45.2 Å². The first-order valence-corrected chi connectivity index (χ1v) is 10.5. The Balaban J connectivity index is 1.60. The van der Waals surface area contributed by atoms with E-state index in [0.29, 0.717) is 24.9 Å². The molecule has 2 aliphatic heterocycles. The Hall–Kier alpha value is -1.65. The number of rotatable bonds is 5. The van der Waals surface area contributed by atoms with Crippen LogP contribution in [-0.4, -0.2) is 56.2 Å². The van der Waals surface area contributed by atoms with Gasteiger partial charge in [0.15, 0.2) is 0 Å². The molecule has 0 unspecified atom stereocenters. The van der Waals surface area contributed by atoms with E-state index in [9.17, 15) is 26.4 Å². The highest BCUT2D eigenvalue weighted by atomic mass is 32.2. The minimum absolute atomic E-state index is 0.140. The average molecular weight is 421 g/mol. The van der Waals surface area contributed by atoms with Crippen molar-refractivity contribution < 1.29 is 35.9 Å². The van der Waals surface area contributed by atoms with Crippen LogP contribution >= 0.6 is 0 Å². The van der Waals surface area contributed by atoms with Gasteiger partial charge in [-0.3, -0.25) is 0 Å². The van der Waals surface area contributed by atoms with Crippen molar-refractivity contribution in [3.8, 4) is 5.75 Å². The molecule has 0 aromatic heterocycles. The molecule has 1 aromatic rings. The average Bonchev–Trinajstić information content (AvgIpc) is 2.68. The third kappa shape index (κ3) is 4.18. The summed E-state index contributed by atoms with van der Waals surface area (Å²) in [7, 11) is -3.81. The third-order valence-corrected chi connectivity index (χ3v) is 7.87. The van der Waals surface area contributed by atoms with Crippen LogP contribution in [0.3, 0.4) is 0 Å². The molecule has 2 heterocycles. The minimum Gasteiger partial charge on any atom is -0.490 e. The van der Waals surface area contributed by atoms with Gasteiger partial charge in [0, 0.05) is 26.3 Å². The van der Waals surface area contributed by atoms with Crippen LogP contribution in [0.1, 0.15) is 31.2 Å². The zero-order chi connectivity index (χ0) is 20.4. The first-order chi connectivity index (χ1) is 13.2. The molecule has 0 bridgehead atoms. The van der Waals surface area contributed by atoms with E-state index in [2.05, 4.69) is 0 Å². The number of hydrogen-bond donors (Lipinski definition) is 0. The Bertz CT molecular complexity index is 780. The summed E-state index contributed by atoms with van der Waals surface area (Å²) in [5, 5.41) is 0. The molecule has 0 aliphatic carbocycles. The largest absolute Gasteiger partial charge is 0.490 e.